The molecule has 0 aliphatic rings. The van der Waals surface area contributed by atoms with Crippen molar-refractivity contribution in [2.24, 2.45) is 12.9 Å². The van der Waals surface area contributed by atoms with Crippen LogP contribution in [0, 0.1) is 5.82 Å². The number of rotatable bonds is 5. The molecule has 0 saturated heterocycles. The van der Waals surface area contributed by atoms with Crippen molar-refractivity contribution < 1.29 is 9.13 Å². The molecular formula is C12H16FN5O. The summed E-state index contributed by atoms with van der Waals surface area (Å²) in [4.78, 5) is 4.10. The lowest BCUT2D eigenvalue weighted by atomic mass is 10.0. The molecular weight excluding hydrogens is 249 g/mol. The molecule has 0 radical (unpaired) electrons. The summed E-state index contributed by atoms with van der Waals surface area (Å²) in [5, 5.41) is 3.97. The van der Waals surface area contributed by atoms with Gasteiger partial charge in [0.15, 0.2) is 0 Å². The van der Waals surface area contributed by atoms with E-state index in [2.05, 4.69) is 15.5 Å². The Labute approximate surface area is 110 Å². The number of nitrogens with one attached hydrogen (secondary N) is 1. The fourth-order valence-corrected chi connectivity index (χ4v) is 1.86. The van der Waals surface area contributed by atoms with Gasteiger partial charge in [0.2, 0.25) is 0 Å². The van der Waals surface area contributed by atoms with E-state index in [0.29, 0.717) is 17.7 Å². The predicted molar refractivity (Wildman–Crippen MR) is 67.7 cm³/mol. The summed E-state index contributed by atoms with van der Waals surface area (Å²) < 4.78 is 20.6. The van der Waals surface area contributed by atoms with Gasteiger partial charge in [-0.1, -0.05) is 6.07 Å². The molecule has 102 valence electrons. The number of aromatic nitrogens is 3. The van der Waals surface area contributed by atoms with Crippen molar-refractivity contribution in [2.75, 3.05) is 7.11 Å². The molecule has 0 saturated carbocycles. The molecule has 0 fully saturated rings. The third kappa shape index (κ3) is 2.88. The Balaban J connectivity index is 2.24. The molecule has 3 N–H and O–H groups in total. The number of aryl methyl sites for hydroxylation is 1. The van der Waals surface area contributed by atoms with Crippen LogP contribution in [0.2, 0.25) is 0 Å². The average Bonchev–Trinajstić information content (AvgIpc) is 2.81. The Bertz CT molecular complexity index is 557. The first-order valence-corrected chi connectivity index (χ1v) is 5.78. The number of nitrogens with zero attached hydrogens (tertiary/aromatic N) is 3. The molecule has 2 aromatic rings. The molecule has 7 heteroatoms. The van der Waals surface area contributed by atoms with Crippen LogP contribution in [0.5, 0.6) is 5.75 Å². The van der Waals surface area contributed by atoms with Gasteiger partial charge in [-0.25, -0.2) is 9.37 Å². The van der Waals surface area contributed by atoms with Crippen LogP contribution in [0.25, 0.3) is 0 Å². The fraction of sp³-hybridized carbons (Fsp3) is 0.333. The van der Waals surface area contributed by atoms with E-state index in [0.717, 1.165) is 5.82 Å². The second kappa shape index (κ2) is 5.77. The van der Waals surface area contributed by atoms with Gasteiger partial charge in [0.1, 0.15) is 23.7 Å². The maximum absolute atomic E-state index is 14.0. The average molecular weight is 265 g/mol. The van der Waals surface area contributed by atoms with Crippen LogP contribution in [0.15, 0.2) is 24.5 Å². The standard InChI is InChI=1S/C12H16FN5O/c1-18-12(15-7-16-18)6-11(17-14)9-4-3-8(19-2)5-10(9)13/h3-5,7,11,17H,6,14H2,1-2H3. The summed E-state index contributed by atoms with van der Waals surface area (Å²) in [5.41, 5.74) is 3.06. The SMILES string of the molecule is COc1ccc(C(Cc2ncnn2C)NN)c(F)c1. The Morgan fingerprint density at radius 3 is 2.84 bits per heavy atom. The molecule has 1 heterocycles. The van der Waals surface area contributed by atoms with Crippen LogP contribution in [-0.4, -0.2) is 21.9 Å². The van der Waals surface area contributed by atoms with E-state index < -0.39 is 0 Å². The summed E-state index contributed by atoms with van der Waals surface area (Å²) in [6.07, 6.45) is 1.89. The highest BCUT2D eigenvalue weighted by atomic mass is 19.1. The lowest BCUT2D eigenvalue weighted by Gasteiger charge is -2.17. The lowest BCUT2D eigenvalue weighted by molar-refractivity contribution is 0.408. The van der Waals surface area contributed by atoms with Crippen LogP contribution in [0.3, 0.4) is 0 Å². The highest BCUT2D eigenvalue weighted by Gasteiger charge is 2.17. The largest absolute Gasteiger partial charge is 0.497 e. The van der Waals surface area contributed by atoms with E-state index in [-0.39, 0.29) is 11.9 Å². The van der Waals surface area contributed by atoms with E-state index in [1.165, 1.54) is 19.5 Å². The molecule has 0 aliphatic heterocycles. The summed E-state index contributed by atoms with van der Waals surface area (Å²) >= 11 is 0. The number of benzene rings is 1. The normalized spacial score (nSPS) is 12.4. The van der Waals surface area contributed by atoms with Gasteiger partial charge in [-0.05, 0) is 6.07 Å². The number of hydrogen-bond acceptors (Lipinski definition) is 5. The third-order valence-corrected chi connectivity index (χ3v) is 2.98. The van der Waals surface area contributed by atoms with Crippen molar-refractivity contribution in [3.63, 3.8) is 0 Å². The van der Waals surface area contributed by atoms with Gasteiger partial charge in [-0.2, -0.15) is 5.10 Å². The highest BCUT2D eigenvalue weighted by molar-refractivity contribution is 5.31. The minimum absolute atomic E-state index is 0.371. The molecule has 0 amide bonds. The van der Waals surface area contributed by atoms with E-state index in [1.54, 1.807) is 23.9 Å². The third-order valence-electron chi connectivity index (χ3n) is 2.98. The fourth-order valence-electron chi connectivity index (χ4n) is 1.86. The zero-order valence-electron chi connectivity index (χ0n) is 10.8. The number of nitrogens with two attached hydrogens (primary N) is 1. The van der Waals surface area contributed by atoms with Crippen LogP contribution >= 0.6 is 0 Å². The number of halogens is 1. The van der Waals surface area contributed by atoms with Gasteiger partial charge in [0.05, 0.1) is 13.2 Å². The zero-order chi connectivity index (χ0) is 13.8. The predicted octanol–water partition coefficient (Wildman–Crippen LogP) is 0.710. The van der Waals surface area contributed by atoms with Gasteiger partial charge in [0.25, 0.3) is 0 Å². The summed E-state index contributed by atoms with van der Waals surface area (Å²) in [6.45, 7) is 0. The van der Waals surface area contributed by atoms with Gasteiger partial charge < -0.3 is 4.74 Å². The Hall–Kier alpha value is -1.99. The van der Waals surface area contributed by atoms with E-state index in [1.807, 2.05) is 0 Å². The minimum atomic E-state index is -0.381. The van der Waals surface area contributed by atoms with E-state index in [9.17, 15) is 4.39 Å². The zero-order valence-corrected chi connectivity index (χ0v) is 10.8. The van der Waals surface area contributed by atoms with E-state index in [4.69, 9.17) is 10.6 Å². The van der Waals surface area contributed by atoms with Crippen LogP contribution in [0.4, 0.5) is 4.39 Å². The smallest absolute Gasteiger partial charge is 0.138 e. The second-order valence-corrected chi connectivity index (χ2v) is 4.11. The second-order valence-electron chi connectivity index (χ2n) is 4.11. The molecule has 1 unspecified atom stereocenters. The van der Waals surface area contributed by atoms with Crippen molar-refractivity contribution in [1.29, 1.82) is 0 Å². The number of methoxy groups -OCH3 is 1. The summed E-state index contributed by atoms with van der Waals surface area (Å²) in [6, 6.07) is 4.29. The molecule has 1 aromatic carbocycles. The minimum Gasteiger partial charge on any atom is -0.497 e. The van der Waals surface area contributed by atoms with Crippen LogP contribution in [-0.2, 0) is 13.5 Å². The molecule has 0 spiro atoms. The monoisotopic (exact) mass is 265 g/mol. The molecule has 1 aromatic heterocycles. The molecule has 0 aliphatic carbocycles. The Morgan fingerprint density at radius 2 is 2.32 bits per heavy atom. The first-order chi connectivity index (χ1) is 9.15. The van der Waals surface area contributed by atoms with Gasteiger partial charge in [-0.15, -0.1) is 0 Å². The van der Waals surface area contributed by atoms with Crippen molar-refractivity contribution >= 4 is 0 Å². The van der Waals surface area contributed by atoms with Gasteiger partial charge in [-0.3, -0.25) is 16.0 Å². The first kappa shape index (κ1) is 13.4. The maximum atomic E-state index is 14.0. The van der Waals surface area contributed by atoms with Crippen molar-refractivity contribution in [3.05, 3.63) is 41.7 Å². The summed E-state index contributed by atoms with van der Waals surface area (Å²) in [5.74, 6) is 6.32. The van der Waals surface area contributed by atoms with Crippen molar-refractivity contribution in [2.45, 2.75) is 12.5 Å². The molecule has 1 atom stereocenters. The molecule has 0 bridgehead atoms. The van der Waals surface area contributed by atoms with Crippen LogP contribution < -0.4 is 16.0 Å². The Kier molecular flexibility index (Phi) is 4.08. The quantitative estimate of drug-likeness (QED) is 0.615. The maximum Gasteiger partial charge on any atom is 0.138 e. The van der Waals surface area contributed by atoms with Crippen LogP contribution in [0.1, 0.15) is 17.4 Å². The Morgan fingerprint density at radius 1 is 1.53 bits per heavy atom. The summed E-state index contributed by atoms with van der Waals surface area (Å²) in [7, 11) is 3.27. The number of ether oxygens (including phenoxy) is 1. The lowest BCUT2D eigenvalue weighted by Crippen LogP contribution is -2.31. The molecule has 2 rings (SSSR count). The molecule has 6 nitrogen and oxygen atoms in total. The van der Waals surface area contributed by atoms with Crippen molar-refractivity contribution in [1.82, 2.24) is 20.2 Å². The van der Waals surface area contributed by atoms with Gasteiger partial charge in [0, 0.05) is 25.1 Å². The number of hydrazine groups is 1. The first-order valence-electron chi connectivity index (χ1n) is 5.78. The topological polar surface area (TPSA) is 78.0 Å². The highest BCUT2D eigenvalue weighted by Crippen LogP contribution is 2.23. The van der Waals surface area contributed by atoms with Crippen molar-refractivity contribution in [3.8, 4) is 5.75 Å². The molecule has 19 heavy (non-hydrogen) atoms. The van der Waals surface area contributed by atoms with E-state index >= 15 is 0 Å². The van der Waals surface area contributed by atoms with Gasteiger partial charge >= 0.3 is 0 Å². The number of hydrogen-bond donors (Lipinski definition) is 2.